The van der Waals surface area contributed by atoms with Crippen molar-refractivity contribution in [2.24, 2.45) is 0 Å². The predicted molar refractivity (Wildman–Crippen MR) is 45.2 cm³/mol. The summed E-state index contributed by atoms with van der Waals surface area (Å²) in [4.78, 5) is 10.8. The van der Waals surface area contributed by atoms with E-state index in [-0.39, 0.29) is 12.2 Å². The molecule has 6 heteroatoms. The molecule has 0 bridgehead atoms. The molecule has 5 nitrogen and oxygen atoms in total. The lowest BCUT2D eigenvalue weighted by atomic mass is 10.3. The lowest BCUT2D eigenvalue weighted by Gasteiger charge is -2.13. The summed E-state index contributed by atoms with van der Waals surface area (Å²) in [5, 5.41) is 0. The van der Waals surface area contributed by atoms with Gasteiger partial charge >= 0.3 is 5.97 Å². The van der Waals surface area contributed by atoms with E-state index in [4.69, 9.17) is 0 Å². The Morgan fingerprint density at radius 3 is 2.62 bits per heavy atom. The van der Waals surface area contributed by atoms with Crippen LogP contribution in [0.15, 0.2) is 12.2 Å². The number of rotatable bonds is 5. The van der Waals surface area contributed by atoms with Gasteiger partial charge in [0, 0.05) is 5.57 Å². The maximum Gasteiger partial charge on any atom is 0.333 e. The Balaban J connectivity index is 3.70. The highest BCUT2D eigenvalue weighted by molar-refractivity contribution is 7.74. The van der Waals surface area contributed by atoms with Crippen molar-refractivity contribution in [3.63, 3.8) is 0 Å². The lowest BCUT2D eigenvalue weighted by molar-refractivity contribution is -0.141. The molecule has 0 aliphatic carbocycles. The van der Waals surface area contributed by atoms with Gasteiger partial charge in [0.15, 0.2) is 0 Å². The molecule has 0 aromatic carbocycles. The van der Waals surface area contributed by atoms with Gasteiger partial charge in [-0.05, 0) is 13.8 Å². The van der Waals surface area contributed by atoms with Gasteiger partial charge in [0.2, 0.25) is 0 Å². The molecule has 2 unspecified atom stereocenters. The van der Waals surface area contributed by atoms with E-state index in [1.54, 1.807) is 0 Å². The molecule has 0 aliphatic rings. The summed E-state index contributed by atoms with van der Waals surface area (Å²) in [6, 6.07) is 0. The Morgan fingerprint density at radius 2 is 2.23 bits per heavy atom. The van der Waals surface area contributed by atoms with E-state index in [1.807, 2.05) is 0 Å². The molecule has 0 aliphatic heterocycles. The minimum absolute atomic E-state index is 0.111. The number of ether oxygens (including phenoxy) is 1. The van der Waals surface area contributed by atoms with E-state index in [0.717, 1.165) is 0 Å². The molecule has 76 valence electrons. The van der Waals surface area contributed by atoms with Gasteiger partial charge in [-0.15, -0.1) is 0 Å². The van der Waals surface area contributed by atoms with Gasteiger partial charge in [0.1, 0.15) is 12.7 Å². The summed E-state index contributed by atoms with van der Waals surface area (Å²) in [5.41, 5.74) is 0.260. The minimum Gasteiger partial charge on any atom is -0.750 e. The quantitative estimate of drug-likeness (QED) is 0.368. The molecule has 0 N–H and O–H groups in total. The molecular weight excluding hydrogens is 196 g/mol. The van der Waals surface area contributed by atoms with Crippen molar-refractivity contribution in [3.05, 3.63) is 12.2 Å². The summed E-state index contributed by atoms with van der Waals surface area (Å²) >= 11 is -2.58. The molecule has 0 heterocycles. The molecule has 2 atom stereocenters. The van der Waals surface area contributed by atoms with Gasteiger partial charge in [0.05, 0.1) is 11.4 Å². The van der Waals surface area contributed by atoms with Gasteiger partial charge in [-0.25, -0.2) is 9.00 Å². The highest BCUT2D eigenvalue weighted by Gasteiger charge is 2.07. The van der Waals surface area contributed by atoms with Crippen LogP contribution in [0.3, 0.4) is 0 Å². The Bertz CT molecular complexity index is 225. The first-order chi connectivity index (χ1) is 5.93. The molecule has 0 aromatic rings. The maximum atomic E-state index is 10.8. The van der Waals surface area contributed by atoms with Crippen molar-refractivity contribution in [2.45, 2.75) is 20.0 Å². The highest BCUT2D eigenvalue weighted by Crippen LogP contribution is 1.97. The van der Waals surface area contributed by atoms with Crippen LogP contribution in [-0.4, -0.2) is 27.4 Å². The van der Waals surface area contributed by atoms with Gasteiger partial charge in [-0.3, -0.25) is 4.18 Å². The number of carbonyl (C=O) groups excluding carboxylic acids is 1. The van der Waals surface area contributed by atoms with E-state index >= 15 is 0 Å². The zero-order chi connectivity index (χ0) is 10.4. The normalized spacial score (nSPS) is 14.7. The molecule has 0 amide bonds. The summed E-state index contributed by atoms with van der Waals surface area (Å²) in [6.07, 6.45) is -0.679. The van der Waals surface area contributed by atoms with Gasteiger partial charge in [-0.1, -0.05) is 6.58 Å². The second-order valence-electron chi connectivity index (χ2n) is 2.49. The third-order valence-electron chi connectivity index (χ3n) is 1.04. The van der Waals surface area contributed by atoms with Gasteiger partial charge in [-0.2, -0.15) is 0 Å². The number of carbonyl (C=O) groups is 1. The van der Waals surface area contributed by atoms with E-state index in [2.05, 4.69) is 15.5 Å². The van der Waals surface area contributed by atoms with Crippen LogP contribution in [0, 0.1) is 0 Å². The van der Waals surface area contributed by atoms with E-state index in [0.29, 0.717) is 0 Å². The molecule has 0 fully saturated rings. The number of hydrogen-bond donors (Lipinski definition) is 0. The van der Waals surface area contributed by atoms with Crippen molar-refractivity contribution in [3.8, 4) is 0 Å². The fraction of sp³-hybridized carbons (Fsp3) is 0.571. The van der Waals surface area contributed by atoms with Crippen molar-refractivity contribution >= 4 is 17.3 Å². The molecule has 0 rings (SSSR count). The third kappa shape index (κ3) is 6.44. The van der Waals surface area contributed by atoms with Crippen LogP contribution in [0.4, 0.5) is 0 Å². The summed E-state index contributed by atoms with van der Waals surface area (Å²) in [7, 11) is 0. The van der Waals surface area contributed by atoms with Crippen molar-refractivity contribution < 1.29 is 22.5 Å². The Hall–Kier alpha value is -0.720. The van der Waals surface area contributed by atoms with Crippen LogP contribution in [0.1, 0.15) is 13.8 Å². The van der Waals surface area contributed by atoms with E-state index in [9.17, 15) is 13.6 Å². The fourth-order valence-corrected chi connectivity index (χ4v) is 0.802. The standard InChI is InChI=1S/C7H12O5S/c1-5(2)7(8)11-4-6(3)12-13(9)10/h6H,1,4H2,2-3H3,(H,9,10)/p-1. The summed E-state index contributed by atoms with van der Waals surface area (Å²) < 4.78 is 28.9. The van der Waals surface area contributed by atoms with Crippen molar-refractivity contribution in [1.82, 2.24) is 0 Å². The van der Waals surface area contributed by atoms with Crippen molar-refractivity contribution in [2.75, 3.05) is 6.61 Å². The van der Waals surface area contributed by atoms with Gasteiger partial charge < -0.3 is 9.29 Å². The SMILES string of the molecule is C=C(C)C(=O)OCC(C)OS(=O)[O-]. The molecule has 0 aromatic heterocycles. The molecule has 13 heavy (non-hydrogen) atoms. The first-order valence-electron chi connectivity index (χ1n) is 3.52. The smallest absolute Gasteiger partial charge is 0.333 e. The summed E-state index contributed by atoms with van der Waals surface area (Å²) in [5.74, 6) is -0.563. The molecule has 0 saturated carbocycles. The predicted octanol–water partition coefficient (Wildman–Crippen LogP) is 0.305. The van der Waals surface area contributed by atoms with Crippen LogP contribution in [0.2, 0.25) is 0 Å². The second-order valence-corrected chi connectivity index (χ2v) is 3.09. The largest absolute Gasteiger partial charge is 0.750 e. The van der Waals surface area contributed by atoms with E-state index in [1.165, 1.54) is 13.8 Å². The third-order valence-corrected chi connectivity index (χ3v) is 1.53. The number of esters is 1. The van der Waals surface area contributed by atoms with Gasteiger partial charge in [0.25, 0.3) is 0 Å². The average Bonchev–Trinajstić information content (AvgIpc) is 1.98. The van der Waals surface area contributed by atoms with Crippen LogP contribution in [0.25, 0.3) is 0 Å². The highest BCUT2D eigenvalue weighted by atomic mass is 32.2. The van der Waals surface area contributed by atoms with E-state index < -0.39 is 23.4 Å². The summed E-state index contributed by atoms with van der Waals surface area (Å²) in [6.45, 7) is 6.22. The molecule has 0 radical (unpaired) electrons. The topological polar surface area (TPSA) is 75.7 Å². The second kappa shape index (κ2) is 5.85. The Kier molecular flexibility index (Phi) is 5.52. The van der Waals surface area contributed by atoms with Crippen molar-refractivity contribution in [1.29, 1.82) is 0 Å². The maximum absolute atomic E-state index is 10.8. The van der Waals surface area contributed by atoms with Crippen LogP contribution < -0.4 is 0 Å². The molecular formula is C7H11O5S-. The van der Waals surface area contributed by atoms with Crippen LogP contribution in [-0.2, 0) is 25.1 Å². The molecule has 0 spiro atoms. The monoisotopic (exact) mass is 207 g/mol. The Labute approximate surface area is 79.2 Å². The van der Waals surface area contributed by atoms with Crippen LogP contribution >= 0.6 is 0 Å². The molecule has 0 saturated heterocycles. The first kappa shape index (κ1) is 12.3. The zero-order valence-corrected chi connectivity index (χ0v) is 8.26. The minimum atomic E-state index is -2.58. The first-order valence-corrected chi connectivity index (χ1v) is 4.52. The fourth-order valence-electron chi connectivity index (χ4n) is 0.478. The lowest BCUT2D eigenvalue weighted by Crippen LogP contribution is -2.20. The average molecular weight is 207 g/mol. The zero-order valence-electron chi connectivity index (χ0n) is 7.44. The van der Waals surface area contributed by atoms with Crippen LogP contribution in [0.5, 0.6) is 0 Å². The Morgan fingerprint density at radius 1 is 1.69 bits per heavy atom. The number of hydrogen-bond acceptors (Lipinski definition) is 5.